The standard InChI is InChI=1S/C23H25N3O2/c1-15-5-7-16(8-6-15)14-28-18-11-9-17(10-12-18)20-19(13-24)21(23(2,3)4)26-22(27)25-20/h5-12,20H,14H2,1-4H3,(H2,25,26,27)/t20-/m1/s1. The Balaban J connectivity index is 1.79. The second-order valence-electron chi connectivity index (χ2n) is 8.03. The Hall–Kier alpha value is -3.26. The minimum absolute atomic E-state index is 0.298. The molecule has 0 fully saturated rings. The molecule has 1 aliphatic heterocycles. The molecule has 1 aliphatic rings. The maximum atomic E-state index is 12.1. The van der Waals surface area contributed by atoms with E-state index in [9.17, 15) is 10.1 Å². The quantitative estimate of drug-likeness (QED) is 0.810. The number of nitriles is 1. The van der Waals surface area contributed by atoms with E-state index in [2.05, 4.69) is 35.8 Å². The highest BCUT2D eigenvalue weighted by Gasteiger charge is 2.33. The molecule has 0 radical (unpaired) electrons. The van der Waals surface area contributed by atoms with Gasteiger partial charge >= 0.3 is 6.03 Å². The molecule has 1 atom stereocenters. The lowest BCUT2D eigenvalue weighted by atomic mass is 9.84. The molecule has 0 spiro atoms. The van der Waals surface area contributed by atoms with Crippen molar-refractivity contribution in [3.05, 3.63) is 76.5 Å². The molecule has 2 aromatic carbocycles. The smallest absolute Gasteiger partial charge is 0.319 e. The van der Waals surface area contributed by atoms with E-state index in [0.717, 1.165) is 16.9 Å². The summed E-state index contributed by atoms with van der Waals surface area (Å²) in [6.45, 7) is 8.47. The normalized spacial score (nSPS) is 16.8. The third-order valence-electron chi connectivity index (χ3n) is 4.68. The van der Waals surface area contributed by atoms with Crippen LogP contribution in [0.4, 0.5) is 4.79 Å². The molecule has 0 aromatic heterocycles. The minimum atomic E-state index is -0.473. The topological polar surface area (TPSA) is 74.2 Å². The van der Waals surface area contributed by atoms with Gasteiger partial charge in [-0.1, -0.05) is 62.7 Å². The van der Waals surface area contributed by atoms with Crippen LogP contribution >= 0.6 is 0 Å². The van der Waals surface area contributed by atoms with Gasteiger partial charge in [0.15, 0.2) is 0 Å². The fourth-order valence-electron chi connectivity index (χ4n) is 3.13. The van der Waals surface area contributed by atoms with Crippen LogP contribution in [0.5, 0.6) is 5.75 Å². The first-order chi connectivity index (χ1) is 13.3. The lowest BCUT2D eigenvalue weighted by Gasteiger charge is -2.33. The summed E-state index contributed by atoms with van der Waals surface area (Å²) in [6, 6.07) is 17.2. The summed E-state index contributed by atoms with van der Waals surface area (Å²) in [4.78, 5) is 12.1. The number of aryl methyl sites for hydroxylation is 1. The number of carbonyl (C=O) groups excluding carboxylic acids is 1. The molecule has 0 saturated carbocycles. The van der Waals surface area contributed by atoms with Gasteiger partial charge in [0.05, 0.1) is 17.7 Å². The van der Waals surface area contributed by atoms with Crippen molar-refractivity contribution in [2.75, 3.05) is 0 Å². The molecule has 2 amide bonds. The van der Waals surface area contributed by atoms with Crippen molar-refractivity contribution in [1.82, 2.24) is 10.6 Å². The Morgan fingerprint density at radius 2 is 1.71 bits per heavy atom. The lowest BCUT2D eigenvalue weighted by molar-refractivity contribution is 0.235. The molecule has 3 rings (SSSR count). The van der Waals surface area contributed by atoms with E-state index >= 15 is 0 Å². The summed E-state index contributed by atoms with van der Waals surface area (Å²) in [7, 11) is 0. The van der Waals surface area contributed by atoms with E-state index in [1.54, 1.807) is 0 Å². The second kappa shape index (κ2) is 7.77. The van der Waals surface area contributed by atoms with Gasteiger partial charge in [-0.05, 0) is 30.2 Å². The largest absolute Gasteiger partial charge is 0.489 e. The molecular weight excluding hydrogens is 350 g/mol. The van der Waals surface area contributed by atoms with Crippen molar-refractivity contribution in [3.8, 4) is 11.8 Å². The molecule has 5 nitrogen and oxygen atoms in total. The average Bonchev–Trinajstić information content (AvgIpc) is 2.66. The van der Waals surface area contributed by atoms with Crippen LogP contribution in [-0.4, -0.2) is 6.03 Å². The molecule has 1 heterocycles. The van der Waals surface area contributed by atoms with E-state index in [0.29, 0.717) is 17.9 Å². The number of hydrogen-bond acceptors (Lipinski definition) is 3. The Kier molecular flexibility index (Phi) is 5.41. The molecule has 144 valence electrons. The Labute approximate surface area is 166 Å². The number of nitrogens with zero attached hydrogens (tertiary/aromatic N) is 1. The third-order valence-corrected chi connectivity index (χ3v) is 4.68. The number of ether oxygens (including phenoxy) is 1. The summed E-state index contributed by atoms with van der Waals surface area (Å²) in [5.41, 5.74) is 4.01. The van der Waals surface area contributed by atoms with Crippen molar-refractivity contribution < 1.29 is 9.53 Å². The Morgan fingerprint density at radius 1 is 1.07 bits per heavy atom. The highest BCUT2D eigenvalue weighted by molar-refractivity contribution is 5.80. The maximum Gasteiger partial charge on any atom is 0.319 e. The van der Waals surface area contributed by atoms with Gasteiger partial charge in [0, 0.05) is 11.1 Å². The molecule has 2 aromatic rings. The van der Waals surface area contributed by atoms with Crippen LogP contribution in [-0.2, 0) is 6.61 Å². The van der Waals surface area contributed by atoms with Gasteiger partial charge < -0.3 is 15.4 Å². The van der Waals surface area contributed by atoms with Gasteiger partial charge in [0.1, 0.15) is 12.4 Å². The zero-order valence-corrected chi connectivity index (χ0v) is 16.7. The molecule has 0 bridgehead atoms. The molecule has 2 N–H and O–H groups in total. The van der Waals surface area contributed by atoms with Crippen LogP contribution in [0, 0.1) is 23.7 Å². The number of allylic oxidation sites excluding steroid dienone is 1. The Bertz CT molecular complexity index is 930. The van der Waals surface area contributed by atoms with Crippen LogP contribution in [0.2, 0.25) is 0 Å². The molecule has 5 heteroatoms. The van der Waals surface area contributed by atoms with E-state index in [1.807, 2.05) is 57.2 Å². The highest BCUT2D eigenvalue weighted by atomic mass is 16.5. The third kappa shape index (κ3) is 4.34. The van der Waals surface area contributed by atoms with E-state index in [-0.39, 0.29) is 11.4 Å². The highest BCUT2D eigenvalue weighted by Crippen LogP contribution is 2.34. The summed E-state index contributed by atoms with van der Waals surface area (Å²) >= 11 is 0. The predicted molar refractivity (Wildman–Crippen MR) is 108 cm³/mol. The summed E-state index contributed by atoms with van der Waals surface area (Å²) in [5, 5.41) is 15.3. The van der Waals surface area contributed by atoms with Crippen LogP contribution in [0.15, 0.2) is 59.8 Å². The average molecular weight is 375 g/mol. The number of benzene rings is 2. The molecule has 0 saturated heterocycles. The summed E-state index contributed by atoms with van der Waals surface area (Å²) < 4.78 is 5.85. The number of nitrogens with one attached hydrogen (secondary N) is 2. The van der Waals surface area contributed by atoms with Crippen molar-refractivity contribution in [2.45, 2.75) is 40.3 Å². The van der Waals surface area contributed by atoms with Gasteiger partial charge in [-0.25, -0.2) is 4.79 Å². The number of hydrogen-bond donors (Lipinski definition) is 2. The van der Waals surface area contributed by atoms with Crippen LogP contribution < -0.4 is 15.4 Å². The summed E-state index contributed by atoms with van der Waals surface area (Å²) in [5.74, 6) is 0.739. The monoisotopic (exact) mass is 375 g/mol. The first-order valence-corrected chi connectivity index (χ1v) is 9.28. The molecular formula is C23H25N3O2. The predicted octanol–water partition coefficient (Wildman–Crippen LogP) is 4.75. The first kappa shape index (κ1) is 19.5. The minimum Gasteiger partial charge on any atom is -0.489 e. The fourth-order valence-corrected chi connectivity index (χ4v) is 3.13. The zero-order chi connectivity index (χ0) is 20.3. The molecule has 0 unspecified atom stereocenters. The van der Waals surface area contributed by atoms with Gasteiger partial charge in [-0.3, -0.25) is 0 Å². The molecule has 0 aliphatic carbocycles. The van der Waals surface area contributed by atoms with Crippen LogP contribution in [0.25, 0.3) is 0 Å². The second-order valence-corrected chi connectivity index (χ2v) is 8.03. The summed E-state index contributed by atoms with van der Waals surface area (Å²) in [6.07, 6.45) is 0. The van der Waals surface area contributed by atoms with Gasteiger partial charge in [0.25, 0.3) is 0 Å². The van der Waals surface area contributed by atoms with Gasteiger partial charge in [-0.2, -0.15) is 5.26 Å². The SMILES string of the molecule is Cc1ccc(COc2ccc([C@H]3NC(=O)NC(C(C)(C)C)=C3C#N)cc2)cc1. The number of carbonyl (C=O) groups is 1. The zero-order valence-electron chi connectivity index (χ0n) is 16.7. The van der Waals surface area contributed by atoms with Crippen LogP contribution in [0.1, 0.15) is 43.5 Å². The fraction of sp³-hybridized carbons (Fsp3) is 0.304. The lowest BCUT2D eigenvalue weighted by Crippen LogP contribution is -2.46. The van der Waals surface area contributed by atoms with Crippen LogP contribution in [0.3, 0.4) is 0 Å². The van der Waals surface area contributed by atoms with Crippen molar-refractivity contribution >= 4 is 6.03 Å². The maximum absolute atomic E-state index is 12.1. The number of urea groups is 1. The van der Waals surface area contributed by atoms with Crippen molar-refractivity contribution in [3.63, 3.8) is 0 Å². The van der Waals surface area contributed by atoms with E-state index < -0.39 is 6.04 Å². The number of amides is 2. The van der Waals surface area contributed by atoms with Gasteiger partial charge in [-0.15, -0.1) is 0 Å². The van der Waals surface area contributed by atoms with Crippen molar-refractivity contribution in [2.24, 2.45) is 5.41 Å². The molecule has 28 heavy (non-hydrogen) atoms. The first-order valence-electron chi connectivity index (χ1n) is 9.28. The van der Waals surface area contributed by atoms with E-state index in [4.69, 9.17) is 4.74 Å². The van der Waals surface area contributed by atoms with Gasteiger partial charge in [0.2, 0.25) is 0 Å². The van der Waals surface area contributed by atoms with Crippen molar-refractivity contribution in [1.29, 1.82) is 5.26 Å². The number of rotatable bonds is 4. The van der Waals surface area contributed by atoms with E-state index in [1.165, 1.54) is 5.56 Å². The Morgan fingerprint density at radius 3 is 2.29 bits per heavy atom.